The lowest BCUT2D eigenvalue weighted by Gasteiger charge is -2.30. The second-order valence-corrected chi connectivity index (χ2v) is 9.52. The van der Waals surface area contributed by atoms with Gasteiger partial charge in [-0.2, -0.15) is 0 Å². The van der Waals surface area contributed by atoms with Crippen LogP contribution in [0.5, 0.6) is 11.5 Å². The highest BCUT2D eigenvalue weighted by Crippen LogP contribution is 2.31. The lowest BCUT2D eigenvalue weighted by atomic mass is 10.0. The Morgan fingerprint density at radius 3 is 2.23 bits per heavy atom. The zero-order valence-corrected chi connectivity index (χ0v) is 20.2. The summed E-state index contributed by atoms with van der Waals surface area (Å²) in [6.07, 6.45) is 1.69. The van der Waals surface area contributed by atoms with Crippen molar-refractivity contribution in [3.05, 3.63) is 52.5 Å². The second kappa shape index (κ2) is 10.2. The largest absolute Gasteiger partial charge is 0.496 e. The average molecular weight is 469 g/mol. The van der Waals surface area contributed by atoms with Gasteiger partial charge in [-0.1, -0.05) is 30.7 Å². The summed E-state index contributed by atoms with van der Waals surface area (Å²) >= 11 is 6.18. The van der Waals surface area contributed by atoms with Crippen molar-refractivity contribution >= 4 is 33.2 Å². The van der Waals surface area contributed by atoms with Crippen LogP contribution >= 0.6 is 11.6 Å². The van der Waals surface area contributed by atoms with Crippen LogP contribution in [-0.4, -0.2) is 40.8 Å². The standard InChI is InChI=1S/C22H29ClN2O5S/c1-7-19(16-8-10-20(29-4)14(2)12-16)24-22(26)15(3)25(31(6,27)28)17-9-11-21(30-5)18(23)13-17/h8-13,15,19H,7H2,1-6H3,(H,24,26)/t15-,19-/m0/s1. The second-order valence-electron chi connectivity index (χ2n) is 7.25. The number of benzene rings is 2. The molecule has 2 aromatic carbocycles. The number of methoxy groups -OCH3 is 2. The van der Waals surface area contributed by atoms with Crippen LogP contribution in [0.2, 0.25) is 5.02 Å². The molecule has 0 saturated carbocycles. The molecule has 0 bridgehead atoms. The van der Waals surface area contributed by atoms with Crippen LogP contribution in [-0.2, 0) is 14.8 Å². The van der Waals surface area contributed by atoms with E-state index in [-0.39, 0.29) is 16.8 Å². The number of halogens is 1. The summed E-state index contributed by atoms with van der Waals surface area (Å²) in [6.45, 7) is 5.42. The highest BCUT2D eigenvalue weighted by molar-refractivity contribution is 7.92. The molecule has 9 heteroatoms. The molecule has 0 fully saturated rings. The third kappa shape index (κ3) is 5.83. The van der Waals surface area contributed by atoms with Crippen LogP contribution in [0, 0.1) is 6.92 Å². The Labute approximate surface area is 189 Å². The van der Waals surface area contributed by atoms with Crippen LogP contribution in [0.15, 0.2) is 36.4 Å². The fraction of sp³-hybridized carbons (Fsp3) is 0.409. The number of anilines is 1. The number of rotatable bonds is 9. The number of nitrogens with one attached hydrogen (secondary N) is 1. The molecule has 170 valence electrons. The Kier molecular flexibility index (Phi) is 8.20. The molecule has 0 aliphatic carbocycles. The van der Waals surface area contributed by atoms with Crippen LogP contribution in [0.1, 0.15) is 37.4 Å². The molecule has 0 aliphatic rings. The smallest absolute Gasteiger partial charge is 0.244 e. The van der Waals surface area contributed by atoms with Crippen molar-refractivity contribution in [2.24, 2.45) is 0 Å². The van der Waals surface area contributed by atoms with Crippen molar-refractivity contribution in [1.82, 2.24) is 5.32 Å². The van der Waals surface area contributed by atoms with E-state index >= 15 is 0 Å². The van der Waals surface area contributed by atoms with Crippen LogP contribution in [0.4, 0.5) is 5.69 Å². The van der Waals surface area contributed by atoms with Gasteiger partial charge in [-0.05, 0) is 55.7 Å². The summed E-state index contributed by atoms with van der Waals surface area (Å²) in [5.74, 6) is 0.757. The Bertz CT molecular complexity index is 1040. The SMILES string of the molecule is CC[C@H](NC(=O)[C@H](C)N(c1ccc(OC)c(Cl)c1)S(C)(=O)=O)c1ccc(OC)c(C)c1. The number of aryl methyl sites for hydroxylation is 1. The number of carbonyl (C=O) groups excluding carboxylic acids is 1. The number of ether oxygens (including phenoxy) is 2. The summed E-state index contributed by atoms with van der Waals surface area (Å²) in [5.41, 5.74) is 2.15. The van der Waals surface area contributed by atoms with Gasteiger partial charge in [0.15, 0.2) is 0 Å². The number of hydrogen-bond acceptors (Lipinski definition) is 5. The minimum atomic E-state index is -3.76. The maximum absolute atomic E-state index is 13.1. The highest BCUT2D eigenvalue weighted by atomic mass is 35.5. The van der Waals surface area contributed by atoms with Gasteiger partial charge in [0.25, 0.3) is 0 Å². The first-order valence-corrected chi connectivity index (χ1v) is 12.0. The monoisotopic (exact) mass is 468 g/mol. The molecule has 0 heterocycles. The Morgan fingerprint density at radius 2 is 1.74 bits per heavy atom. The Hall–Kier alpha value is -2.45. The maximum Gasteiger partial charge on any atom is 0.244 e. The van der Waals surface area contributed by atoms with Crippen LogP contribution in [0.25, 0.3) is 0 Å². The van der Waals surface area contributed by atoms with E-state index in [1.54, 1.807) is 26.2 Å². The molecule has 2 atom stereocenters. The fourth-order valence-electron chi connectivity index (χ4n) is 3.43. The number of hydrogen-bond donors (Lipinski definition) is 1. The molecule has 0 radical (unpaired) electrons. The van der Waals surface area contributed by atoms with Gasteiger partial charge < -0.3 is 14.8 Å². The van der Waals surface area contributed by atoms with E-state index in [4.69, 9.17) is 21.1 Å². The summed E-state index contributed by atoms with van der Waals surface area (Å²) in [6, 6.07) is 9.02. The molecule has 0 unspecified atom stereocenters. The fourth-order valence-corrected chi connectivity index (χ4v) is 4.85. The molecule has 7 nitrogen and oxygen atoms in total. The molecule has 0 saturated heterocycles. The first kappa shape index (κ1) is 24.8. The summed E-state index contributed by atoms with van der Waals surface area (Å²) in [5, 5.41) is 3.21. The normalized spacial score (nSPS) is 13.3. The van der Waals surface area contributed by atoms with E-state index in [2.05, 4.69) is 5.32 Å². The van der Waals surface area contributed by atoms with E-state index in [1.165, 1.54) is 13.2 Å². The Balaban J connectivity index is 2.32. The summed E-state index contributed by atoms with van der Waals surface area (Å²) in [7, 11) is -0.690. The number of carbonyl (C=O) groups is 1. The first-order chi connectivity index (χ1) is 14.5. The maximum atomic E-state index is 13.1. The first-order valence-electron chi connectivity index (χ1n) is 9.81. The highest BCUT2D eigenvalue weighted by Gasteiger charge is 2.30. The molecule has 0 aromatic heterocycles. The molecular weight excluding hydrogens is 440 g/mol. The predicted octanol–water partition coefficient (Wildman–Crippen LogP) is 4.09. The molecule has 1 N–H and O–H groups in total. The third-order valence-corrected chi connectivity index (χ3v) is 6.56. The number of nitrogens with zero attached hydrogens (tertiary/aromatic N) is 1. The van der Waals surface area contributed by atoms with E-state index in [1.807, 2.05) is 32.0 Å². The zero-order valence-electron chi connectivity index (χ0n) is 18.6. The topological polar surface area (TPSA) is 84.9 Å². The predicted molar refractivity (Wildman–Crippen MR) is 124 cm³/mol. The lowest BCUT2D eigenvalue weighted by Crippen LogP contribution is -2.48. The van der Waals surface area contributed by atoms with Gasteiger partial charge in [-0.3, -0.25) is 9.10 Å². The summed E-state index contributed by atoms with van der Waals surface area (Å²) in [4.78, 5) is 13.1. The molecule has 2 rings (SSSR count). The van der Waals surface area contributed by atoms with Gasteiger partial charge in [0, 0.05) is 0 Å². The van der Waals surface area contributed by atoms with Gasteiger partial charge in [0.1, 0.15) is 17.5 Å². The molecule has 0 spiro atoms. The van der Waals surface area contributed by atoms with E-state index < -0.39 is 22.0 Å². The van der Waals surface area contributed by atoms with Gasteiger partial charge >= 0.3 is 0 Å². The van der Waals surface area contributed by atoms with Crippen molar-refractivity contribution in [3.63, 3.8) is 0 Å². The van der Waals surface area contributed by atoms with Crippen molar-refractivity contribution in [2.45, 2.75) is 39.3 Å². The third-order valence-electron chi connectivity index (χ3n) is 5.02. The minimum absolute atomic E-state index is 0.251. The van der Waals surface area contributed by atoms with Gasteiger partial charge in [-0.25, -0.2) is 8.42 Å². The average Bonchev–Trinajstić information content (AvgIpc) is 2.70. The van der Waals surface area contributed by atoms with Crippen molar-refractivity contribution in [1.29, 1.82) is 0 Å². The van der Waals surface area contributed by atoms with Crippen molar-refractivity contribution in [2.75, 3.05) is 24.8 Å². The Morgan fingerprint density at radius 1 is 1.13 bits per heavy atom. The number of sulfonamides is 1. The lowest BCUT2D eigenvalue weighted by molar-refractivity contribution is -0.122. The molecule has 2 aromatic rings. The van der Waals surface area contributed by atoms with Crippen LogP contribution in [0.3, 0.4) is 0 Å². The molecular formula is C22H29ClN2O5S. The zero-order chi connectivity index (χ0) is 23.3. The molecule has 31 heavy (non-hydrogen) atoms. The van der Waals surface area contributed by atoms with Crippen molar-refractivity contribution in [3.8, 4) is 11.5 Å². The minimum Gasteiger partial charge on any atom is -0.496 e. The quantitative estimate of drug-likeness (QED) is 0.599. The molecule has 1 amide bonds. The van der Waals surface area contributed by atoms with E-state index in [9.17, 15) is 13.2 Å². The number of amides is 1. The summed E-state index contributed by atoms with van der Waals surface area (Å²) < 4.78 is 36.6. The van der Waals surface area contributed by atoms with Gasteiger partial charge in [0.05, 0.1) is 37.2 Å². The van der Waals surface area contributed by atoms with Gasteiger partial charge in [0.2, 0.25) is 15.9 Å². The van der Waals surface area contributed by atoms with E-state index in [0.29, 0.717) is 12.2 Å². The van der Waals surface area contributed by atoms with Crippen molar-refractivity contribution < 1.29 is 22.7 Å². The van der Waals surface area contributed by atoms with E-state index in [0.717, 1.165) is 27.4 Å². The van der Waals surface area contributed by atoms with Crippen LogP contribution < -0.4 is 19.1 Å². The van der Waals surface area contributed by atoms with Gasteiger partial charge in [-0.15, -0.1) is 0 Å². The molecule has 0 aliphatic heterocycles.